The highest BCUT2D eigenvalue weighted by molar-refractivity contribution is 6.31. The third kappa shape index (κ3) is 5.07. The van der Waals surface area contributed by atoms with Gasteiger partial charge in [-0.15, -0.1) is 0 Å². The Morgan fingerprint density at radius 1 is 1.08 bits per heavy atom. The summed E-state index contributed by atoms with van der Waals surface area (Å²) < 4.78 is 0. The van der Waals surface area contributed by atoms with E-state index in [4.69, 9.17) is 11.6 Å². The number of amides is 1. The Labute approximate surface area is 156 Å². The van der Waals surface area contributed by atoms with Crippen molar-refractivity contribution in [3.8, 4) is 0 Å². The molecular formula is C21H27ClN2O. The van der Waals surface area contributed by atoms with Gasteiger partial charge in [-0.1, -0.05) is 60.8 Å². The highest BCUT2D eigenvalue weighted by Gasteiger charge is 2.21. The molecule has 1 atom stereocenters. The van der Waals surface area contributed by atoms with Crippen molar-refractivity contribution in [1.29, 1.82) is 0 Å². The zero-order chi connectivity index (χ0) is 18.4. The molecular weight excluding hydrogens is 332 g/mol. The van der Waals surface area contributed by atoms with Crippen molar-refractivity contribution < 1.29 is 4.79 Å². The van der Waals surface area contributed by atoms with Gasteiger partial charge >= 0.3 is 0 Å². The highest BCUT2D eigenvalue weighted by atomic mass is 35.5. The maximum absolute atomic E-state index is 12.6. The molecule has 134 valence electrons. The number of rotatable bonds is 7. The molecule has 1 N–H and O–H groups in total. The van der Waals surface area contributed by atoms with Crippen LogP contribution in [0.25, 0.3) is 0 Å². The normalized spacial score (nSPS) is 12.2. The largest absolute Gasteiger partial charge is 0.350 e. The number of hydrogen-bond donors (Lipinski definition) is 1. The minimum absolute atomic E-state index is 0.0454. The molecule has 1 amide bonds. The molecule has 0 aliphatic heterocycles. The van der Waals surface area contributed by atoms with Crippen molar-refractivity contribution >= 4 is 17.5 Å². The van der Waals surface area contributed by atoms with E-state index in [1.807, 2.05) is 50.2 Å². The van der Waals surface area contributed by atoms with E-state index >= 15 is 0 Å². The molecule has 0 aliphatic rings. The van der Waals surface area contributed by atoms with E-state index in [0.717, 1.165) is 34.8 Å². The maximum Gasteiger partial charge on any atom is 0.251 e. The number of nitrogens with zero attached hydrogens (tertiary/aromatic N) is 1. The number of likely N-dealkylation sites (N-methyl/N-ethyl adjacent to an activating group) is 1. The van der Waals surface area contributed by atoms with Crippen LogP contribution >= 0.6 is 11.6 Å². The van der Waals surface area contributed by atoms with E-state index in [0.29, 0.717) is 12.1 Å². The van der Waals surface area contributed by atoms with Crippen LogP contribution in [0.15, 0.2) is 42.5 Å². The molecule has 2 aromatic rings. The Morgan fingerprint density at radius 2 is 1.68 bits per heavy atom. The predicted molar refractivity (Wildman–Crippen MR) is 105 cm³/mol. The molecule has 0 saturated heterocycles. The summed E-state index contributed by atoms with van der Waals surface area (Å²) in [7, 11) is 0. The number of carbonyl (C=O) groups excluding carboxylic acids is 1. The fourth-order valence-electron chi connectivity index (χ4n) is 3.24. The van der Waals surface area contributed by atoms with Gasteiger partial charge in [0.05, 0.1) is 6.04 Å². The molecule has 0 fully saturated rings. The standard InChI is InChI=1S/C21H27ClN2O/c1-5-24(6-2)20(18-9-7-8-10-19(18)22)14-23-21(25)17-12-15(3)11-16(4)13-17/h7-13,20H,5-6,14H2,1-4H3,(H,23,25). The molecule has 4 heteroatoms. The summed E-state index contributed by atoms with van der Waals surface area (Å²) in [5.74, 6) is -0.0454. The quantitative estimate of drug-likeness (QED) is 0.773. The van der Waals surface area contributed by atoms with Crippen molar-refractivity contribution in [1.82, 2.24) is 10.2 Å². The van der Waals surface area contributed by atoms with Gasteiger partial charge in [0.25, 0.3) is 5.91 Å². The number of benzene rings is 2. The lowest BCUT2D eigenvalue weighted by Crippen LogP contribution is -2.38. The van der Waals surface area contributed by atoms with E-state index < -0.39 is 0 Å². The molecule has 0 spiro atoms. The smallest absolute Gasteiger partial charge is 0.251 e. The predicted octanol–water partition coefficient (Wildman–Crippen LogP) is 4.77. The van der Waals surface area contributed by atoms with Crippen molar-refractivity contribution in [3.05, 3.63) is 69.7 Å². The third-order valence-electron chi connectivity index (χ3n) is 4.46. The van der Waals surface area contributed by atoms with Gasteiger partial charge < -0.3 is 5.32 Å². The van der Waals surface area contributed by atoms with Crippen LogP contribution in [-0.4, -0.2) is 30.4 Å². The summed E-state index contributed by atoms with van der Waals surface area (Å²) in [4.78, 5) is 14.9. The number of nitrogens with one attached hydrogen (secondary N) is 1. The van der Waals surface area contributed by atoms with Crippen molar-refractivity contribution in [3.63, 3.8) is 0 Å². The molecule has 2 rings (SSSR count). The van der Waals surface area contributed by atoms with Gasteiger partial charge in [-0.05, 0) is 50.7 Å². The van der Waals surface area contributed by atoms with Gasteiger partial charge in [0.2, 0.25) is 0 Å². The Hall–Kier alpha value is -1.84. The summed E-state index contributed by atoms with van der Waals surface area (Å²) >= 11 is 6.41. The van der Waals surface area contributed by atoms with Crippen LogP contribution in [0.3, 0.4) is 0 Å². The first-order valence-corrected chi connectivity index (χ1v) is 9.19. The molecule has 1 unspecified atom stereocenters. The molecule has 0 saturated carbocycles. The maximum atomic E-state index is 12.6. The van der Waals surface area contributed by atoms with E-state index in [2.05, 4.69) is 30.1 Å². The van der Waals surface area contributed by atoms with Gasteiger partial charge in [0, 0.05) is 17.1 Å². The van der Waals surface area contributed by atoms with Crippen LogP contribution in [0.5, 0.6) is 0 Å². The van der Waals surface area contributed by atoms with Crippen LogP contribution in [0, 0.1) is 13.8 Å². The van der Waals surface area contributed by atoms with Gasteiger partial charge in [-0.2, -0.15) is 0 Å². The highest BCUT2D eigenvalue weighted by Crippen LogP contribution is 2.27. The fraction of sp³-hybridized carbons (Fsp3) is 0.381. The molecule has 25 heavy (non-hydrogen) atoms. The van der Waals surface area contributed by atoms with Gasteiger partial charge in [0.1, 0.15) is 0 Å². The van der Waals surface area contributed by atoms with Crippen LogP contribution < -0.4 is 5.32 Å². The van der Waals surface area contributed by atoms with Crippen molar-refractivity contribution in [2.45, 2.75) is 33.7 Å². The van der Waals surface area contributed by atoms with Gasteiger partial charge in [0.15, 0.2) is 0 Å². The van der Waals surface area contributed by atoms with Crippen LogP contribution in [-0.2, 0) is 0 Å². The molecule has 0 bridgehead atoms. The Bertz CT molecular complexity index is 705. The second-order valence-corrected chi connectivity index (χ2v) is 6.75. The van der Waals surface area contributed by atoms with Crippen LogP contribution in [0.2, 0.25) is 5.02 Å². The molecule has 0 aromatic heterocycles. The number of hydrogen-bond acceptors (Lipinski definition) is 2. The minimum Gasteiger partial charge on any atom is -0.350 e. The van der Waals surface area contributed by atoms with Crippen molar-refractivity contribution in [2.24, 2.45) is 0 Å². The molecule has 0 heterocycles. The number of carbonyl (C=O) groups is 1. The Balaban J connectivity index is 2.19. The van der Waals surface area contributed by atoms with Gasteiger partial charge in [-0.3, -0.25) is 9.69 Å². The lowest BCUT2D eigenvalue weighted by atomic mass is 10.0. The topological polar surface area (TPSA) is 32.3 Å². The molecule has 3 nitrogen and oxygen atoms in total. The first kappa shape index (κ1) is 19.5. The minimum atomic E-state index is -0.0454. The summed E-state index contributed by atoms with van der Waals surface area (Å²) in [6.07, 6.45) is 0. The Kier molecular flexibility index (Phi) is 7.03. The summed E-state index contributed by atoms with van der Waals surface area (Å²) in [6.45, 7) is 10.6. The zero-order valence-electron chi connectivity index (χ0n) is 15.5. The first-order chi connectivity index (χ1) is 12.0. The van der Waals surface area contributed by atoms with E-state index in [9.17, 15) is 4.79 Å². The summed E-state index contributed by atoms with van der Waals surface area (Å²) in [5, 5.41) is 3.83. The van der Waals surface area contributed by atoms with E-state index in [1.165, 1.54) is 0 Å². The van der Waals surface area contributed by atoms with Crippen molar-refractivity contribution in [2.75, 3.05) is 19.6 Å². The molecule has 2 aromatic carbocycles. The first-order valence-electron chi connectivity index (χ1n) is 8.81. The average Bonchev–Trinajstić information content (AvgIpc) is 2.58. The van der Waals surface area contributed by atoms with Crippen LogP contribution in [0.1, 0.15) is 46.9 Å². The monoisotopic (exact) mass is 358 g/mol. The summed E-state index contributed by atoms with van der Waals surface area (Å²) in [5.41, 5.74) is 3.94. The number of aryl methyl sites for hydroxylation is 2. The molecule has 0 radical (unpaired) electrons. The molecule has 0 aliphatic carbocycles. The van der Waals surface area contributed by atoms with Crippen LogP contribution in [0.4, 0.5) is 0 Å². The average molecular weight is 359 g/mol. The van der Waals surface area contributed by atoms with E-state index in [1.54, 1.807) is 0 Å². The number of halogens is 1. The third-order valence-corrected chi connectivity index (χ3v) is 4.80. The second-order valence-electron chi connectivity index (χ2n) is 6.34. The lowest BCUT2D eigenvalue weighted by Gasteiger charge is -2.31. The lowest BCUT2D eigenvalue weighted by molar-refractivity contribution is 0.0934. The SMILES string of the molecule is CCN(CC)C(CNC(=O)c1cc(C)cc(C)c1)c1ccccc1Cl. The second kappa shape index (κ2) is 9.02. The van der Waals surface area contributed by atoms with Gasteiger partial charge in [-0.25, -0.2) is 0 Å². The zero-order valence-corrected chi connectivity index (χ0v) is 16.2. The summed E-state index contributed by atoms with van der Waals surface area (Å²) in [6, 6.07) is 13.8. The Morgan fingerprint density at radius 3 is 2.24 bits per heavy atom. The van der Waals surface area contributed by atoms with E-state index in [-0.39, 0.29) is 11.9 Å². The fourth-order valence-corrected chi connectivity index (χ4v) is 3.50.